The van der Waals surface area contributed by atoms with Gasteiger partial charge in [-0.3, -0.25) is 0 Å². The summed E-state index contributed by atoms with van der Waals surface area (Å²) in [6.45, 7) is 4.60. The van der Waals surface area contributed by atoms with Crippen LogP contribution in [-0.4, -0.2) is 43.3 Å². The van der Waals surface area contributed by atoms with Gasteiger partial charge in [-0.15, -0.1) is 0 Å². The second-order valence-corrected chi connectivity index (χ2v) is 4.74. The molecular formula is C11H21FN2. The third-order valence-electron chi connectivity index (χ3n) is 3.46. The van der Waals surface area contributed by atoms with Gasteiger partial charge in [-0.05, 0) is 51.9 Å². The van der Waals surface area contributed by atoms with Crippen LogP contribution < -0.4 is 5.32 Å². The molecule has 3 heteroatoms. The molecule has 0 atom stereocenters. The Kier molecular flexibility index (Phi) is 3.39. The molecule has 0 radical (unpaired) electrons. The van der Waals surface area contributed by atoms with Crippen molar-refractivity contribution in [3.63, 3.8) is 0 Å². The maximum atomic E-state index is 14.3. The van der Waals surface area contributed by atoms with Crippen LogP contribution in [-0.2, 0) is 0 Å². The zero-order valence-corrected chi connectivity index (χ0v) is 8.90. The Morgan fingerprint density at radius 3 is 2.36 bits per heavy atom. The highest BCUT2D eigenvalue weighted by Gasteiger charge is 2.33. The van der Waals surface area contributed by atoms with Crippen LogP contribution in [0.3, 0.4) is 0 Å². The van der Waals surface area contributed by atoms with Crippen molar-refractivity contribution in [3.8, 4) is 0 Å². The van der Waals surface area contributed by atoms with E-state index in [4.69, 9.17) is 0 Å². The maximum absolute atomic E-state index is 14.3. The van der Waals surface area contributed by atoms with Crippen molar-refractivity contribution >= 4 is 0 Å². The molecular weight excluding hydrogens is 179 g/mol. The van der Waals surface area contributed by atoms with Gasteiger partial charge in [0.05, 0.1) is 0 Å². The van der Waals surface area contributed by atoms with E-state index in [9.17, 15) is 4.39 Å². The van der Waals surface area contributed by atoms with Crippen molar-refractivity contribution in [3.05, 3.63) is 0 Å². The number of alkyl halides is 1. The Bertz CT molecular complexity index is 172. The fourth-order valence-corrected chi connectivity index (χ4v) is 2.55. The van der Waals surface area contributed by atoms with E-state index in [1.54, 1.807) is 0 Å². The summed E-state index contributed by atoms with van der Waals surface area (Å²) in [7, 11) is 0. The Morgan fingerprint density at radius 2 is 1.71 bits per heavy atom. The molecule has 82 valence electrons. The minimum atomic E-state index is -0.900. The van der Waals surface area contributed by atoms with Gasteiger partial charge < -0.3 is 10.2 Å². The van der Waals surface area contributed by atoms with Crippen LogP contribution in [0.1, 0.15) is 32.1 Å². The first-order chi connectivity index (χ1) is 6.79. The summed E-state index contributed by atoms with van der Waals surface area (Å²) in [5.74, 6) is 0. The standard InChI is InChI=1S/C11H21FN2/c12-11(4-6-13-7-5-11)10-14-8-2-1-3-9-14/h13H,1-10H2. The van der Waals surface area contributed by atoms with E-state index in [-0.39, 0.29) is 0 Å². The molecule has 0 spiro atoms. The summed E-state index contributed by atoms with van der Waals surface area (Å²) in [5, 5.41) is 3.22. The molecule has 1 N–H and O–H groups in total. The van der Waals surface area contributed by atoms with Crippen molar-refractivity contribution in [1.29, 1.82) is 0 Å². The highest BCUT2D eigenvalue weighted by Crippen LogP contribution is 2.25. The zero-order chi connectivity index (χ0) is 9.86. The van der Waals surface area contributed by atoms with Gasteiger partial charge in [-0.1, -0.05) is 6.42 Å². The monoisotopic (exact) mass is 200 g/mol. The summed E-state index contributed by atoms with van der Waals surface area (Å²) in [6.07, 6.45) is 5.24. The van der Waals surface area contributed by atoms with Crippen LogP contribution in [0.25, 0.3) is 0 Å². The van der Waals surface area contributed by atoms with E-state index < -0.39 is 5.67 Å². The number of halogens is 1. The molecule has 14 heavy (non-hydrogen) atoms. The molecule has 0 aromatic rings. The summed E-state index contributed by atoms with van der Waals surface area (Å²) < 4.78 is 14.3. The van der Waals surface area contributed by atoms with Crippen LogP contribution >= 0.6 is 0 Å². The van der Waals surface area contributed by atoms with Gasteiger partial charge >= 0.3 is 0 Å². The Balaban J connectivity index is 1.81. The van der Waals surface area contributed by atoms with Crippen molar-refractivity contribution in [2.45, 2.75) is 37.8 Å². The molecule has 2 aliphatic rings. The average Bonchev–Trinajstić information content (AvgIpc) is 2.19. The van der Waals surface area contributed by atoms with Crippen molar-refractivity contribution in [2.24, 2.45) is 0 Å². The van der Waals surface area contributed by atoms with Gasteiger partial charge in [0.1, 0.15) is 5.67 Å². The number of likely N-dealkylation sites (tertiary alicyclic amines) is 1. The zero-order valence-electron chi connectivity index (χ0n) is 8.90. The Morgan fingerprint density at radius 1 is 1.07 bits per heavy atom. The molecule has 0 amide bonds. The van der Waals surface area contributed by atoms with E-state index in [0.717, 1.165) is 26.2 Å². The number of nitrogens with one attached hydrogen (secondary N) is 1. The van der Waals surface area contributed by atoms with E-state index in [1.165, 1.54) is 19.3 Å². The molecule has 0 aliphatic carbocycles. The SMILES string of the molecule is FC1(CN2CCCCC2)CCNCC1. The number of hydrogen-bond donors (Lipinski definition) is 1. The molecule has 2 nitrogen and oxygen atoms in total. The second-order valence-electron chi connectivity index (χ2n) is 4.74. The number of nitrogens with zero attached hydrogens (tertiary/aromatic N) is 1. The molecule has 2 fully saturated rings. The molecule has 0 unspecified atom stereocenters. The highest BCUT2D eigenvalue weighted by atomic mass is 19.1. The molecule has 2 heterocycles. The number of rotatable bonds is 2. The smallest absolute Gasteiger partial charge is 0.126 e. The number of hydrogen-bond acceptors (Lipinski definition) is 2. The van der Waals surface area contributed by atoms with Crippen molar-refractivity contribution in [2.75, 3.05) is 32.7 Å². The Labute approximate surface area is 85.9 Å². The van der Waals surface area contributed by atoms with Gasteiger partial charge in [0, 0.05) is 6.54 Å². The molecule has 0 bridgehead atoms. The lowest BCUT2D eigenvalue weighted by molar-refractivity contribution is 0.0536. The van der Waals surface area contributed by atoms with Gasteiger partial charge in [-0.25, -0.2) is 4.39 Å². The molecule has 2 aliphatic heterocycles. The minimum absolute atomic E-state index is 0.675. The summed E-state index contributed by atoms with van der Waals surface area (Å²) in [5.41, 5.74) is -0.900. The molecule has 0 saturated carbocycles. The molecule has 0 aromatic heterocycles. The molecule has 0 aromatic carbocycles. The largest absolute Gasteiger partial charge is 0.316 e. The topological polar surface area (TPSA) is 15.3 Å². The molecule has 2 saturated heterocycles. The van der Waals surface area contributed by atoms with Gasteiger partial charge in [0.25, 0.3) is 0 Å². The van der Waals surface area contributed by atoms with Gasteiger partial charge in [0.2, 0.25) is 0 Å². The minimum Gasteiger partial charge on any atom is -0.316 e. The summed E-state index contributed by atoms with van der Waals surface area (Å²) in [6, 6.07) is 0. The quantitative estimate of drug-likeness (QED) is 0.728. The van der Waals surface area contributed by atoms with Crippen LogP contribution in [0, 0.1) is 0 Å². The fourth-order valence-electron chi connectivity index (χ4n) is 2.55. The fraction of sp³-hybridized carbons (Fsp3) is 1.00. The van der Waals surface area contributed by atoms with Crippen molar-refractivity contribution in [1.82, 2.24) is 10.2 Å². The normalized spacial score (nSPS) is 28.9. The molecule has 2 rings (SSSR count). The van der Waals surface area contributed by atoms with E-state index in [2.05, 4.69) is 10.2 Å². The first-order valence-corrected chi connectivity index (χ1v) is 5.91. The average molecular weight is 200 g/mol. The summed E-state index contributed by atoms with van der Waals surface area (Å²) >= 11 is 0. The lowest BCUT2D eigenvalue weighted by atomic mass is 9.93. The van der Waals surface area contributed by atoms with E-state index >= 15 is 0 Å². The lowest BCUT2D eigenvalue weighted by Crippen LogP contribution is -2.48. The number of piperidine rings is 2. The third kappa shape index (κ3) is 2.67. The predicted molar refractivity (Wildman–Crippen MR) is 56.2 cm³/mol. The van der Waals surface area contributed by atoms with E-state index in [0.29, 0.717) is 19.4 Å². The van der Waals surface area contributed by atoms with Crippen LogP contribution in [0.15, 0.2) is 0 Å². The van der Waals surface area contributed by atoms with E-state index in [1.807, 2.05) is 0 Å². The first-order valence-electron chi connectivity index (χ1n) is 5.91. The van der Waals surface area contributed by atoms with Gasteiger partial charge in [0.15, 0.2) is 0 Å². The third-order valence-corrected chi connectivity index (χ3v) is 3.46. The maximum Gasteiger partial charge on any atom is 0.126 e. The lowest BCUT2D eigenvalue weighted by Gasteiger charge is -2.36. The van der Waals surface area contributed by atoms with Crippen LogP contribution in [0.2, 0.25) is 0 Å². The van der Waals surface area contributed by atoms with Crippen LogP contribution in [0.4, 0.5) is 4.39 Å². The second kappa shape index (κ2) is 4.58. The van der Waals surface area contributed by atoms with Crippen LogP contribution in [0.5, 0.6) is 0 Å². The predicted octanol–water partition coefficient (Wildman–Crippen LogP) is 1.56. The van der Waals surface area contributed by atoms with Gasteiger partial charge in [-0.2, -0.15) is 0 Å². The first kappa shape index (κ1) is 10.4. The van der Waals surface area contributed by atoms with Crippen molar-refractivity contribution < 1.29 is 4.39 Å². The highest BCUT2D eigenvalue weighted by molar-refractivity contribution is 4.88. The summed E-state index contributed by atoms with van der Waals surface area (Å²) in [4.78, 5) is 2.31. The Hall–Kier alpha value is -0.150.